The summed E-state index contributed by atoms with van der Waals surface area (Å²) >= 11 is 7.97. The lowest BCUT2D eigenvalue weighted by atomic mass is 10.2. The van der Waals surface area contributed by atoms with Crippen molar-refractivity contribution in [2.75, 3.05) is 19.1 Å². The molecule has 0 radical (unpaired) electrons. The molecule has 2 N–H and O–H groups in total. The minimum absolute atomic E-state index is 0.260. The van der Waals surface area contributed by atoms with Crippen molar-refractivity contribution in [2.45, 2.75) is 12.7 Å². The molecule has 1 atom stereocenters. The van der Waals surface area contributed by atoms with E-state index >= 15 is 0 Å². The summed E-state index contributed by atoms with van der Waals surface area (Å²) in [6, 6.07) is 3.93. The van der Waals surface area contributed by atoms with E-state index < -0.39 is 0 Å². The van der Waals surface area contributed by atoms with Gasteiger partial charge in [0, 0.05) is 5.75 Å². The van der Waals surface area contributed by atoms with Gasteiger partial charge in [0.2, 0.25) is 6.79 Å². The second-order valence-corrected chi connectivity index (χ2v) is 5.60. The fraction of sp³-hybridized carbons (Fsp3) is 0.500. The average Bonchev–Trinajstić information content (AvgIpc) is 2.77. The van der Waals surface area contributed by atoms with E-state index in [4.69, 9.17) is 26.8 Å². The monoisotopic (exact) mass is 273 g/mol. The first-order valence-corrected chi connectivity index (χ1v) is 7.09. The van der Waals surface area contributed by atoms with Crippen LogP contribution in [0.3, 0.4) is 0 Å². The number of nitrogens with two attached hydrogens (primary N) is 1. The van der Waals surface area contributed by atoms with Crippen LogP contribution in [-0.4, -0.2) is 19.1 Å². The van der Waals surface area contributed by atoms with Crippen LogP contribution in [-0.2, 0) is 5.75 Å². The van der Waals surface area contributed by atoms with Gasteiger partial charge >= 0.3 is 0 Å². The summed E-state index contributed by atoms with van der Waals surface area (Å²) in [6.45, 7) is 3.14. The molecule has 0 amide bonds. The van der Waals surface area contributed by atoms with E-state index in [0.717, 1.165) is 29.4 Å². The molecule has 0 aromatic heterocycles. The first kappa shape index (κ1) is 12.9. The SMILES string of the molecule is CC(CN)CSCc1cc(Cl)c2c(c1)OCO2. The summed E-state index contributed by atoms with van der Waals surface area (Å²) in [5.41, 5.74) is 6.74. The lowest BCUT2D eigenvalue weighted by Gasteiger charge is -2.08. The quantitative estimate of drug-likeness (QED) is 0.896. The molecule has 1 aliphatic heterocycles. The van der Waals surface area contributed by atoms with Crippen molar-refractivity contribution in [3.05, 3.63) is 22.7 Å². The summed E-state index contributed by atoms with van der Waals surface area (Å²) in [7, 11) is 0. The third kappa shape index (κ3) is 3.21. The molecule has 3 nitrogen and oxygen atoms in total. The Morgan fingerprint density at radius 1 is 1.47 bits per heavy atom. The Labute approximate surface area is 111 Å². The minimum atomic E-state index is 0.260. The molecule has 0 fully saturated rings. The van der Waals surface area contributed by atoms with Crippen LogP contribution in [0.4, 0.5) is 0 Å². The number of hydrogen-bond acceptors (Lipinski definition) is 4. The van der Waals surface area contributed by atoms with Gasteiger partial charge in [-0.05, 0) is 35.9 Å². The molecule has 1 aliphatic rings. The highest BCUT2D eigenvalue weighted by molar-refractivity contribution is 7.98. The van der Waals surface area contributed by atoms with Gasteiger partial charge in [0.15, 0.2) is 11.5 Å². The predicted molar refractivity (Wildman–Crippen MR) is 72.0 cm³/mol. The molecular formula is C12H16ClNO2S. The van der Waals surface area contributed by atoms with Crippen LogP contribution in [0.5, 0.6) is 11.5 Å². The van der Waals surface area contributed by atoms with Crippen molar-refractivity contribution in [1.29, 1.82) is 0 Å². The van der Waals surface area contributed by atoms with E-state index in [1.807, 2.05) is 23.9 Å². The molecule has 0 bridgehead atoms. The molecular weight excluding hydrogens is 258 g/mol. The van der Waals surface area contributed by atoms with Gasteiger partial charge in [-0.3, -0.25) is 0 Å². The third-order valence-electron chi connectivity index (χ3n) is 2.56. The fourth-order valence-corrected chi connectivity index (χ4v) is 2.90. The van der Waals surface area contributed by atoms with Crippen LogP contribution in [0.1, 0.15) is 12.5 Å². The smallest absolute Gasteiger partial charge is 0.231 e. The number of halogens is 1. The molecule has 0 aliphatic carbocycles. The van der Waals surface area contributed by atoms with Crippen LogP contribution >= 0.6 is 23.4 Å². The lowest BCUT2D eigenvalue weighted by Crippen LogP contribution is -2.12. The predicted octanol–water partition coefficient (Wildman–Crippen LogP) is 2.90. The van der Waals surface area contributed by atoms with Crippen molar-refractivity contribution in [1.82, 2.24) is 0 Å². The molecule has 0 spiro atoms. The average molecular weight is 274 g/mol. The summed E-state index contributed by atoms with van der Waals surface area (Å²) in [5, 5.41) is 0.627. The largest absolute Gasteiger partial charge is 0.454 e. The Bertz CT molecular complexity index is 400. The first-order valence-electron chi connectivity index (χ1n) is 5.56. The van der Waals surface area contributed by atoms with Crippen molar-refractivity contribution >= 4 is 23.4 Å². The maximum Gasteiger partial charge on any atom is 0.231 e. The zero-order chi connectivity index (χ0) is 12.3. The summed E-state index contributed by atoms with van der Waals surface area (Å²) in [5.74, 6) is 3.93. The Hall–Kier alpha value is -0.580. The van der Waals surface area contributed by atoms with Gasteiger partial charge in [0.1, 0.15) is 0 Å². The van der Waals surface area contributed by atoms with E-state index in [1.54, 1.807) is 0 Å². The number of benzene rings is 1. The fourth-order valence-electron chi connectivity index (χ4n) is 1.55. The Kier molecular flexibility index (Phi) is 4.42. The van der Waals surface area contributed by atoms with Gasteiger partial charge in [-0.1, -0.05) is 18.5 Å². The van der Waals surface area contributed by atoms with Crippen LogP contribution in [0.25, 0.3) is 0 Å². The van der Waals surface area contributed by atoms with E-state index in [2.05, 4.69) is 6.92 Å². The minimum Gasteiger partial charge on any atom is -0.454 e. The second kappa shape index (κ2) is 5.85. The number of rotatable bonds is 5. The summed E-state index contributed by atoms with van der Waals surface area (Å²) in [4.78, 5) is 0. The molecule has 1 heterocycles. The third-order valence-corrected chi connectivity index (χ3v) is 4.18. The highest BCUT2D eigenvalue weighted by Gasteiger charge is 2.18. The zero-order valence-electron chi connectivity index (χ0n) is 9.74. The molecule has 0 saturated carbocycles. The van der Waals surface area contributed by atoms with Crippen molar-refractivity contribution in [2.24, 2.45) is 11.7 Å². The standard InChI is InChI=1S/C12H16ClNO2S/c1-8(4-14)5-17-6-9-2-10(13)12-11(3-9)15-7-16-12/h2-3,8H,4-7,14H2,1H3. The maximum atomic E-state index is 6.11. The number of ether oxygens (including phenoxy) is 2. The van der Waals surface area contributed by atoms with E-state index in [-0.39, 0.29) is 6.79 Å². The highest BCUT2D eigenvalue weighted by atomic mass is 35.5. The van der Waals surface area contributed by atoms with Gasteiger partial charge in [-0.15, -0.1) is 0 Å². The normalized spacial score (nSPS) is 15.0. The van der Waals surface area contributed by atoms with Gasteiger partial charge in [0.25, 0.3) is 0 Å². The number of thioether (sulfide) groups is 1. The molecule has 94 valence electrons. The molecule has 17 heavy (non-hydrogen) atoms. The van der Waals surface area contributed by atoms with Gasteiger partial charge in [-0.2, -0.15) is 11.8 Å². The van der Waals surface area contributed by atoms with Crippen LogP contribution in [0, 0.1) is 5.92 Å². The number of fused-ring (bicyclic) bond motifs is 1. The molecule has 0 saturated heterocycles. The van der Waals surface area contributed by atoms with Crippen LogP contribution in [0.15, 0.2) is 12.1 Å². The van der Waals surface area contributed by atoms with Crippen LogP contribution < -0.4 is 15.2 Å². The molecule has 1 unspecified atom stereocenters. The topological polar surface area (TPSA) is 44.5 Å². The van der Waals surface area contributed by atoms with Gasteiger partial charge in [0.05, 0.1) is 5.02 Å². The second-order valence-electron chi connectivity index (χ2n) is 4.17. The Balaban J connectivity index is 1.96. The van der Waals surface area contributed by atoms with E-state index in [9.17, 15) is 0 Å². The van der Waals surface area contributed by atoms with Gasteiger partial charge in [-0.25, -0.2) is 0 Å². The Morgan fingerprint density at radius 2 is 2.29 bits per heavy atom. The highest BCUT2D eigenvalue weighted by Crippen LogP contribution is 2.40. The van der Waals surface area contributed by atoms with Crippen molar-refractivity contribution in [3.63, 3.8) is 0 Å². The summed E-state index contributed by atoms with van der Waals surface area (Å²) < 4.78 is 10.6. The molecule has 1 aromatic rings. The molecule has 5 heteroatoms. The van der Waals surface area contributed by atoms with Crippen molar-refractivity contribution in [3.8, 4) is 11.5 Å². The van der Waals surface area contributed by atoms with E-state index in [1.165, 1.54) is 0 Å². The summed E-state index contributed by atoms with van der Waals surface area (Å²) in [6.07, 6.45) is 0. The lowest BCUT2D eigenvalue weighted by molar-refractivity contribution is 0.174. The van der Waals surface area contributed by atoms with Gasteiger partial charge < -0.3 is 15.2 Å². The van der Waals surface area contributed by atoms with E-state index in [0.29, 0.717) is 16.7 Å². The Morgan fingerprint density at radius 3 is 3.06 bits per heavy atom. The number of hydrogen-bond donors (Lipinski definition) is 1. The zero-order valence-corrected chi connectivity index (χ0v) is 11.3. The van der Waals surface area contributed by atoms with Crippen LogP contribution in [0.2, 0.25) is 5.02 Å². The first-order chi connectivity index (χ1) is 8.20. The van der Waals surface area contributed by atoms with Crippen molar-refractivity contribution < 1.29 is 9.47 Å². The maximum absolute atomic E-state index is 6.11. The molecule has 1 aromatic carbocycles. The molecule has 2 rings (SSSR count).